The van der Waals surface area contributed by atoms with E-state index in [1.807, 2.05) is 34.0 Å². The van der Waals surface area contributed by atoms with Crippen LogP contribution in [-0.4, -0.2) is 25.8 Å². The van der Waals surface area contributed by atoms with Crippen LogP contribution in [0.25, 0.3) is 61.6 Å². The van der Waals surface area contributed by atoms with Crippen LogP contribution in [0.5, 0.6) is 11.5 Å². The number of thiophene rings is 4. The molecule has 4 nitrogen and oxygen atoms in total. The van der Waals surface area contributed by atoms with Crippen molar-refractivity contribution in [1.29, 1.82) is 0 Å². The molecule has 0 radical (unpaired) electrons. The Morgan fingerprint density at radius 2 is 0.866 bits per heavy atom. The minimum absolute atomic E-state index is 0.189. The average Bonchev–Trinajstić information content (AvgIpc) is 4.11. The summed E-state index contributed by atoms with van der Waals surface area (Å²) in [5.41, 5.74) is 0. The molecule has 67 heavy (non-hydrogen) atoms. The van der Waals surface area contributed by atoms with Crippen molar-refractivity contribution in [2.24, 2.45) is 0 Å². The fourth-order valence-electron chi connectivity index (χ4n) is 9.76. The standard InChI is InChI=1S/C59H80O4S4/c1-6-9-12-15-18-20-22-24-27-29-32-61-55-47-36-44-35-42(4)64-51(44)40-49(47)56(62-33-30-28-25-23-21-19-16-13-10-7-2)48-37-45-38-53(66-52(45)41-50(48)55)58-57-46(43(5)65-58)39-54(67-57)59(60)63-34-31-26-17-14-11-8-3/h35-41H,6-34H2,1-5H3. The van der Waals surface area contributed by atoms with E-state index >= 15 is 0 Å². The highest BCUT2D eigenvalue weighted by Gasteiger charge is 2.23. The highest BCUT2D eigenvalue weighted by atomic mass is 32.1. The number of rotatable bonds is 33. The number of esters is 1. The van der Waals surface area contributed by atoms with E-state index in [0.717, 1.165) is 58.7 Å². The topological polar surface area (TPSA) is 44.8 Å². The second-order valence-electron chi connectivity index (χ2n) is 19.3. The zero-order valence-electron chi connectivity index (χ0n) is 41.8. The van der Waals surface area contributed by atoms with Crippen molar-refractivity contribution in [3.63, 3.8) is 0 Å². The van der Waals surface area contributed by atoms with E-state index in [1.54, 1.807) is 11.3 Å². The van der Waals surface area contributed by atoms with E-state index in [2.05, 4.69) is 77.1 Å². The Morgan fingerprint density at radius 1 is 0.433 bits per heavy atom. The van der Waals surface area contributed by atoms with Gasteiger partial charge in [-0.1, -0.05) is 168 Å². The van der Waals surface area contributed by atoms with Crippen LogP contribution in [0.15, 0.2) is 42.5 Å². The van der Waals surface area contributed by atoms with E-state index in [4.69, 9.17) is 14.2 Å². The first-order chi connectivity index (χ1) is 32.9. The average molecular weight is 982 g/mol. The van der Waals surface area contributed by atoms with Gasteiger partial charge in [0.1, 0.15) is 16.4 Å². The van der Waals surface area contributed by atoms with E-state index in [9.17, 15) is 4.79 Å². The van der Waals surface area contributed by atoms with Crippen molar-refractivity contribution < 1.29 is 19.0 Å². The van der Waals surface area contributed by atoms with Gasteiger partial charge < -0.3 is 14.2 Å². The Bertz CT molecular complexity index is 2480. The molecule has 7 rings (SSSR count). The van der Waals surface area contributed by atoms with Crippen molar-refractivity contribution in [2.45, 2.75) is 202 Å². The first-order valence-electron chi connectivity index (χ1n) is 26.7. The van der Waals surface area contributed by atoms with E-state index < -0.39 is 0 Å². The first-order valence-corrected chi connectivity index (χ1v) is 30.0. The molecule has 0 spiro atoms. The molecule has 0 atom stereocenters. The highest BCUT2D eigenvalue weighted by molar-refractivity contribution is 7.31. The first kappa shape index (κ1) is 51.7. The molecule has 0 amide bonds. The fourth-order valence-corrected chi connectivity index (χ4v) is 14.4. The molecule has 0 aliphatic carbocycles. The molecule has 0 saturated heterocycles. The van der Waals surface area contributed by atoms with Crippen LogP contribution in [0.2, 0.25) is 0 Å². The smallest absolute Gasteiger partial charge is 0.348 e. The van der Waals surface area contributed by atoms with Gasteiger partial charge in [0.2, 0.25) is 0 Å². The Kier molecular flexibility index (Phi) is 21.0. The van der Waals surface area contributed by atoms with Gasteiger partial charge in [0, 0.05) is 51.0 Å². The quantitative estimate of drug-likeness (QED) is 0.0234. The minimum Gasteiger partial charge on any atom is -0.492 e. The number of hydrogen-bond donors (Lipinski definition) is 0. The fraction of sp³-hybridized carbons (Fsp3) is 0.576. The van der Waals surface area contributed by atoms with Crippen molar-refractivity contribution in [3.8, 4) is 21.3 Å². The van der Waals surface area contributed by atoms with Crippen molar-refractivity contribution in [2.75, 3.05) is 19.8 Å². The van der Waals surface area contributed by atoms with Crippen LogP contribution in [0.1, 0.15) is 207 Å². The lowest BCUT2D eigenvalue weighted by molar-refractivity contribution is 0.0503. The Balaban J connectivity index is 1.16. The molecule has 0 aliphatic heterocycles. The van der Waals surface area contributed by atoms with Gasteiger partial charge in [-0.25, -0.2) is 4.79 Å². The molecular formula is C59H80O4S4. The number of benzene rings is 3. The molecule has 7 aromatic rings. The summed E-state index contributed by atoms with van der Waals surface area (Å²) in [7, 11) is 0. The van der Waals surface area contributed by atoms with Gasteiger partial charge >= 0.3 is 5.97 Å². The number of aryl methyl sites for hydroxylation is 2. The third kappa shape index (κ3) is 14.2. The number of carbonyl (C=O) groups is 1. The zero-order chi connectivity index (χ0) is 46.8. The molecule has 8 heteroatoms. The zero-order valence-corrected chi connectivity index (χ0v) is 45.1. The van der Waals surface area contributed by atoms with Crippen LogP contribution in [0.4, 0.5) is 0 Å². The number of unbranched alkanes of at least 4 members (excludes halogenated alkanes) is 23. The summed E-state index contributed by atoms with van der Waals surface area (Å²) in [6, 6.07) is 16.3. The van der Waals surface area contributed by atoms with Crippen LogP contribution in [0.3, 0.4) is 0 Å². The summed E-state index contributed by atoms with van der Waals surface area (Å²) in [4.78, 5) is 19.0. The highest BCUT2D eigenvalue weighted by Crippen LogP contribution is 2.50. The summed E-state index contributed by atoms with van der Waals surface area (Å²) in [5.74, 6) is 1.79. The van der Waals surface area contributed by atoms with E-state index in [-0.39, 0.29) is 5.97 Å². The molecule has 0 fully saturated rings. The third-order valence-corrected chi connectivity index (χ3v) is 18.3. The van der Waals surface area contributed by atoms with Crippen LogP contribution in [-0.2, 0) is 4.74 Å². The van der Waals surface area contributed by atoms with Gasteiger partial charge in [0.15, 0.2) is 0 Å². The second kappa shape index (κ2) is 27.3. The van der Waals surface area contributed by atoms with Crippen molar-refractivity contribution in [1.82, 2.24) is 0 Å². The Hall–Kier alpha value is -3.17. The summed E-state index contributed by atoms with van der Waals surface area (Å²) < 4.78 is 23.6. The van der Waals surface area contributed by atoms with Gasteiger partial charge in [-0.3, -0.25) is 0 Å². The maximum atomic E-state index is 13.3. The lowest BCUT2D eigenvalue weighted by Gasteiger charge is -2.19. The van der Waals surface area contributed by atoms with Crippen LogP contribution in [0, 0.1) is 13.8 Å². The molecule has 0 N–H and O–H groups in total. The number of ether oxygens (including phenoxy) is 3. The summed E-state index contributed by atoms with van der Waals surface area (Å²) in [6.07, 6.45) is 33.1. The van der Waals surface area contributed by atoms with Gasteiger partial charge in [0.25, 0.3) is 0 Å². The molecule has 4 heterocycles. The number of fused-ring (bicyclic) bond motifs is 5. The summed E-state index contributed by atoms with van der Waals surface area (Å²) in [6.45, 7) is 13.1. The van der Waals surface area contributed by atoms with E-state index in [1.165, 1.54) is 191 Å². The van der Waals surface area contributed by atoms with Gasteiger partial charge in [0.05, 0.1) is 29.4 Å². The molecule has 3 aromatic carbocycles. The van der Waals surface area contributed by atoms with Crippen molar-refractivity contribution >= 4 is 103 Å². The monoisotopic (exact) mass is 980 g/mol. The normalized spacial score (nSPS) is 12.0. The maximum absolute atomic E-state index is 13.3. The second-order valence-corrected chi connectivity index (χ2v) is 24.0. The largest absolute Gasteiger partial charge is 0.492 e. The molecule has 0 bridgehead atoms. The molecule has 0 unspecified atom stereocenters. The SMILES string of the molecule is CCCCCCCCCCCCOc1c2cc3cc(-c4sc(C)c5cc(C(=O)OCCCCCCCC)sc45)sc3cc2c(OCCCCCCCCCCCC)c2cc3cc(C)sc3cc12. The van der Waals surface area contributed by atoms with Crippen molar-refractivity contribution in [3.05, 3.63) is 57.1 Å². The van der Waals surface area contributed by atoms with Gasteiger partial charge in [-0.05, 0) is 86.3 Å². The van der Waals surface area contributed by atoms with Crippen LogP contribution < -0.4 is 9.47 Å². The molecular weight excluding hydrogens is 901 g/mol. The molecule has 364 valence electrons. The number of hydrogen-bond acceptors (Lipinski definition) is 8. The number of carbonyl (C=O) groups excluding carboxylic acids is 1. The Morgan fingerprint density at radius 3 is 1.37 bits per heavy atom. The lowest BCUT2D eigenvalue weighted by Crippen LogP contribution is -2.04. The lowest BCUT2D eigenvalue weighted by atomic mass is 9.98. The summed E-state index contributed by atoms with van der Waals surface area (Å²) in [5, 5.41) is 8.27. The Labute approximate surface area is 419 Å². The molecule has 0 aliphatic rings. The van der Waals surface area contributed by atoms with Gasteiger partial charge in [-0.15, -0.1) is 45.3 Å². The maximum Gasteiger partial charge on any atom is 0.348 e. The van der Waals surface area contributed by atoms with Gasteiger partial charge in [-0.2, -0.15) is 0 Å². The predicted molar refractivity (Wildman–Crippen MR) is 299 cm³/mol. The minimum atomic E-state index is -0.189. The summed E-state index contributed by atoms with van der Waals surface area (Å²) >= 11 is 7.14. The third-order valence-electron chi connectivity index (χ3n) is 13.6. The van der Waals surface area contributed by atoms with Crippen LogP contribution >= 0.6 is 45.3 Å². The molecule has 4 aromatic heterocycles. The molecule has 0 saturated carbocycles. The predicted octanol–water partition coefficient (Wildman–Crippen LogP) is 21.1. The van der Waals surface area contributed by atoms with E-state index in [0.29, 0.717) is 24.7 Å².